The van der Waals surface area contributed by atoms with Crippen molar-refractivity contribution in [2.45, 2.75) is 58.2 Å². The molecule has 1 aromatic rings. The van der Waals surface area contributed by atoms with Gasteiger partial charge in [-0.25, -0.2) is 0 Å². The second kappa shape index (κ2) is 8.18. The molecule has 0 fully saturated rings. The summed E-state index contributed by atoms with van der Waals surface area (Å²) in [5.74, 6) is 0. The van der Waals surface area contributed by atoms with Crippen molar-refractivity contribution in [3.8, 4) is 0 Å². The van der Waals surface area contributed by atoms with Crippen LogP contribution in [0, 0.1) is 0 Å². The maximum atomic E-state index is 5.76. The van der Waals surface area contributed by atoms with Gasteiger partial charge in [-0.05, 0) is 43.0 Å². The van der Waals surface area contributed by atoms with E-state index in [1.807, 2.05) is 12.3 Å². The maximum absolute atomic E-state index is 5.76. The third-order valence-corrected chi connectivity index (χ3v) is 8.15. The average Bonchev–Trinajstić information content (AvgIpc) is 2.41. The number of oxime groups is 1. The molecule has 0 aliphatic heterocycles. The van der Waals surface area contributed by atoms with Gasteiger partial charge in [0.1, 0.15) is 0 Å². The molecule has 1 aromatic carbocycles. The van der Waals surface area contributed by atoms with E-state index in [1.165, 1.54) is 5.56 Å². The average molecular weight is 304 g/mol. The Kier molecular flexibility index (Phi) is 6.89. The Bertz CT molecular complexity index is 458. The molecule has 2 nitrogen and oxygen atoms in total. The highest BCUT2D eigenvalue weighted by molar-refractivity contribution is 6.74. The summed E-state index contributed by atoms with van der Waals surface area (Å²) in [6.45, 7) is 11.1. The van der Waals surface area contributed by atoms with Crippen molar-refractivity contribution >= 4 is 20.6 Å². The molecule has 0 unspecified atom stereocenters. The van der Waals surface area contributed by atoms with Crippen molar-refractivity contribution < 1.29 is 4.53 Å². The molecule has 0 aliphatic carbocycles. The first-order chi connectivity index (χ1) is 9.83. The molecule has 0 saturated carbocycles. The number of hydrogen-bond donors (Lipinski definition) is 0. The van der Waals surface area contributed by atoms with Crippen molar-refractivity contribution in [2.75, 3.05) is 0 Å². The van der Waals surface area contributed by atoms with Crippen LogP contribution in [0.3, 0.4) is 0 Å². The van der Waals surface area contributed by atoms with Gasteiger partial charge in [-0.2, -0.15) is 0 Å². The number of nitrogens with zero attached hydrogens (tertiary/aromatic N) is 1. The highest BCUT2D eigenvalue weighted by atomic mass is 28.4. The largest absolute Gasteiger partial charge is 0.455 e. The van der Waals surface area contributed by atoms with Crippen molar-refractivity contribution in [1.29, 1.82) is 0 Å². The Hall–Kier alpha value is -1.35. The van der Waals surface area contributed by atoms with E-state index in [0.29, 0.717) is 0 Å². The molecule has 0 spiro atoms. The van der Waals surface area contributed by atoms with Crippen LogP contribution in [0.5, 0.6) is 0 Å². The van der Waals surface area contributed by atoms with Crippen molar-refractivity contribution in [1.82, 2.24) is 0 Å². The fourth-order valence-corrected chi connectivity index (χ4v) is 2.08. The number of rotatable bonds is 7. The van der Waals surface area contributed by atoms with E-state index in [0.717, 1.165) is 19.3 Å². The van der Waals surface area contributed by atoms with Gasteiger partial charge >= 0.3 is 0 Å². The van der Waals surface area contributed by atoms with Gasteiger partial charge in [-0.15, -0.1) is 5.16 Å². The first-order valence-corrected chi connectivity index (χ1v) is 10.7. The van der Waals surface area contributed by atoms with Crippen molar-refractivity contribution in [2.24, 2.45) is 5.16 Å². The SMILES string of the molecule is CC(C)(C)[Si](C)(C)O/N=C/CCC/C=C\c1ccccc1. The summed E-state index contributed by atoms with van der Waals surface area (Å²) in [7, 11) is -1.74. The molecule has 0 aliphatic rings. The molecule has 0 N–H and O–H groups in total. The summed E-state index contributed by atoms with van der Waals surface area (Å²) in [6, 6.07) is 10.4. The van der Waals surface area contributed by atoms with Crippen LogP contribution in [-0.4, -0.2) is 14.5 Å². The third-order valence-electron chi connectivity index (χ3n) is 3.98. The summed E-state index contributed by atoms with van der Waals surface area (Å²) in [5, 5.41) is 4.39. The summed E-state index contributed by atoms with van der Waals surface area (Å²) in [6.07, 6.45) is 9.44. The van der Waals surface area contributed by atoms with Crippen LogP contribution >= 0.6 is 0 Å². The predicted octanol–water partition coefficient (Wildman–Crippen LogP) is 5.88. The van der Waals surface area contributed by atoms with Gasteiger partial charge < -0.3 is 4.53 Å². The van der Waals surface area contributed by atoms with Gasteiger partial charge in [0.2, 0.25) is 0 Å². The lowest BCUT2D eigenvalue weighted by molar-refractivity contribution is 0.309. The maximum Gasteiger partial charge on any atom is 0.286 e. The van der Waals surface area contributed by atoms with Gasteiger partial charge in [-0.3, -0.25) is 0 Å². The highest BCUT2D eigenvalue weighted by Gasteiger charge is 2.39. The van der Waals surface area contributed by atoms with Crippen molar-refractivity contribution in [3.05, 3.63) is 42.0 Å². The van der Waals surface area contributed by atoms with Crippen LogP contribution < -0.4 is 0 Å². The lowest BCUT2D eigenvalue weighted by Gasteiger charge is -2.33. The molecular weight excluding hydrogens is 274 g/mol. The van der Waals surface area contributed by atoms with E-state index in [2.05, 4.69) is 75.4 Å². The third kappa shape index (κ3) is 6.76. The van der Waals surface area contributed by atoms with E-state index < -0.39 is 8.32 Å². The van der Waals surface area contributed by atoms with E-state index in [1.54, 1.807) is 0 Å². The lowest BCUT2D eigenvalue weighted by Crippen LogP contribution is -2.39. The molecule has 0 saturated heterocycles. The molecule has 116 valence electrons. The zero-order valence-electron chi connectivity index (χ0n) is 14.1. The minimum absolute atomic E-state index is 0.211. The van der Waals surface area contributed by atoms with E-state index in [9.17, 15) is 0 Å². The van der Waals surface area contributed by atoms with Gasteiger partial charge in [-0.1, -0.05) is 63.3 Å². The fourth-order valence-electron chi connectivity index (χ4n) is 1.47. The minimum Gasteiger partial charge on any atom is -0.455 e. The van der Waals surface area contributed by atoms with E-state index in [4.69, 9.17) is 4.53 Å². The monoisotopic (exact) mass is 303 g/mol. The number of allylic oxidation sites excluding steroid dienone is 1. The molecule has 0 amide bonds. The highest BCUT2D eigenvalue weighted by Crippen LogP contribution is 2.36. The molecule has 0 radical (unpaired) electrons. The zero-order chi connectivity index (χ0) is 15.8. The fraction of sp³-hybridized carbons (Fsp3) is 0.500. The quantitative estimate of drug-likeness (QED) is 0.267. The molecule has 3 heteroatoms. The Morgan fingerprint density at radius 1 is 1.10 bits per heavy atom. The van der Waals surface area contributed by atoms with Crippen molar-refractivity contribution in [3.63, 3.8) is 0 Å². The first kappa shape index (κ1) is 17.7. The standard InChI is InChI=1S/C18H29NOSi/c1-18(2,3)21(4,5)20-19-16-12-7-6-9-13-17-14-10-8-11-15-17/h8-11,13-16H,6-7,12H2,1-5H3/b13-9-,19-16+. The number of hydrogen-bond acceptors (Lipinski definition) is 2. The molecule has 0 atom stereocenters. The van der Waals surface area contributed by atoms with Crippen LogP contribution in [0.15, 0.2) is 41.6 Å². The Labute approximate surface area is 131 Å². The van der Waals surface area contributed by atoms with Gasteiger partial charge in [0.05, 0.1) is 0 Å². The molecule has 0 bridgehead atoms. The van der Waals surface area contributed by atoms with Crippen LogP contribution in [0.2, 0.25) is 18.1 Å². The zero-order valence-corrected chi connectivity index (χ0v) is 15.1. The van der Waals surface area contributed by atoms with E-state index in [-0.39, 0.29) is 5.04 Å². The van der Waals surface area contributed by atoms with Crippen LogP contribution in [0.4, 0.5) is 0 Å². The van der Waals surface area contributed by atoms with Crippen LogP contribution in [0.1, 0.15) is 45.6 Å². The summed E-state index contributed by atoms with van der Waals surface area (Å²) < 4.78 is 5.76. The molecular formula is C18H29NOSi. The lowest BCUT2D eigenvalue weighted by atomic mass is 10.2. The van der Waals surface area contributed by atoms with E-state index >= 15 is 0 Å². The first-order valence-electron chi connectivity index (χ1n) is 7.74. The van der Waals surface area contributed by atoms with Gasteiger partial charge in [0.25, 0.3) is 8.32 Å². The van der Waals surface area contributed by atoms with Gasteiger partial charge in [0, 0.05) is 6.21 Å². The minimum atomic E-state index is -1.74. The second-order valence-electron chi connectivity index (χ2n) is 6.88. The Morgan fingerprint density at radius 3 is 2.38 bits per heavy atom. The summed E-state index contributed by atoms with van der Waals surface area (Å²) in [4.78, 5) is 0. The predicted molar refractivity (Wildman–Crippen MR) is 96.1 cm³/mol. The molecule has 1 rings (SSSR count). The number of unbranched alkanes of at least 4 members (excludes halogenated alkanes) is 2. The normalized spacial score (nSPS) is 13.2. The van der Waals surface area contributed by atoms with Crippen LogP contribution in [-0.2, 0) is 4.53 Å². The summed E-state index contributed by atoms with van der Waals surface area (Å²) in [5.41, 5.74) is 1.26. The van der Waals surface area contributed by atoms with Gasteiger partial charge in [0.15, 0.2) is 0 Å². The molecule has 0 heterocycles. The Morgan fingerprint density at radius 2 is 1.76 bits per heavy atom. The smallest absolute Gasteiger partial charge is 0.286 e. The number of benzene rings is 1. The topological polar surface area (TPSA) is 21.6 Å². The summed E-state index contributed by atoms with van der Waals surface area (Å²) >= 11 is 0. The molecule has 21 heavy (non-hydrogen) atoms. The molecule has 0 aromatic heterocycles. The van der Waals surface area contributed by atoms with Crippen LogP contribution in [0.25, 0.3) is 6.08 Å². The Balaban J connectivity index is 2.20. The second-order valence-corrected chi connectivity index (χ2v) is 11.6.